The molecule has 102 valence electrons. The number of carbonyl (C=O) groups excluding carboxylic acids is 1. The summed E-state index contributed by atoms with van der Waals surface area (Å²) in [5.41, 5.74) is 6.38. The van der Waals surface area contributed by atoms with Gasteiger partial charge in [-0.1, -0.05) is 18.7 Å². The molecule has 3 N–H and O–H groups in total. The van der Waals surface area contributed by atoms with E-state index in [2.05, 4.69) is 11.6 Å². The highest BCUT2D eigenvalue weighted by atomic mass is 16.5. The number of ether oxygens (including phenoxy) is 1. The maximum absolute atomic E-state index is 11.3. The number of benzene rings is 1. The lowest BCUT2D eigenvalue weighted by Crippen LogP contribution is -2.12. The van der Waals surface area contributed by atoms with Gasteiger partial charge in [0.25, 0.3) is 5.91 Å². The molecule has 0 bridgehead atoms. The fourth-order valence-corrected chi connectivity index (χ4v) is 1.68. The summed E-state index contributed by atoms with van der Waals surface area (Å²) in [4.78, 5) is 15.2. The molecule has 20 heavy (non-hydrogen) atoms. The van der Waals surface area contributed by atoms with E-state index in [1.807, 2.05) is 0 Å². The first-order chi connectivity index (χ1) is 9.56. The Kier molecular flexibility index (Phi) is 4.00. The molecule has 5 heteroatoms. The van der Waals surface area contributed by atoms with E-state index in [0.29, 0.717) is 12.2 Å². The second kappa shape index (κ2) is 5.88. The van der Waals surface area contributed by atoms with Gasteiger partial charge in [-0.3, -0.25) is 4.79 Å². The maximum atomic E-state index is 11.3. The van der Waals surface area contributed by atoms with Crippen molar-refractivity contribution >= 4 is 5.91 Å². The van der Waals surface area contributed by atoms with Crippen LogP contribution in [0.25, 0.3) is 0 Å². The number of hydrogen-bond acceptors (Lipinski definition) is 4. The van der Waals surface area contributed by atoms with Crippen LogP contribution in [0.1, 0.15) is 15.9 Å². The van der Waals surface area contributed by atoms with E-state index in [9.17, 15) is 4.79 Å². The van der Waals surface area contributed by atoms with Gasteiger partial charge in [0.05, 0.1) is 5.76 Å². The Morgan fingerprint density at radius 1 is 1.30 bits per heavy atom. The normalized spacial score (nSPS) is 10.0. The second-order valence-corrected chi connectivity index (χ2v) is 4.21. The Morgan fingerprint density at radius 3 is 2.60 bits per heavy atom. The molecule has 1 aromatic carbocycles. The van der Waals surface area contributed by atoms with Gasteiger partial charge in [-0.25, -0.2) is 4.98 Å². The number of aliphatic hydroxyl groups excluding tert-OH is 1. The number of allylic oxidation sites excluding steroid dienone is 1. The van der Waals surface area contributed by atoms with Gasteiger partial charge in [-0.05, 0) is 29.8 Å². The van der Waals surface area contributed by atoms with Crippen LogP contribution in [0, 0.1) is 0 Å². The van der Waals surface area contributed by atoms with E-state index in [-0.39, 0.29) is 17.2 Å². The summed E-state index contributed by atoms with van der Waals surface area (Å²) < 4.78 is 5.53. The van der Waals surface area contributed by atoms with Crippen LogP contribution in [0.15, 0.2) is 54.9 Å². The Balaban J connectivity index is 2.18. The maximum Gasteiger partial charge on any atom is 0.254 e. The van der Waals surface area contributed by atoms with Gasteiger partial charge in [-0.2, -0.15) is 0 Å². The van der Waals surface area contributed by atoms with Gasteiger partial charge in [0.2, 0.25) is 5.88 Å². The molecule has 0 aliphatic heterocycles. The van der Waals surface area contributed by atoms with Crippen molar-refractivity contribution in [3.63, 3.8) is 0 Å². The van der Waals surface area contributed by atoms with Crippen molar-refractivity contribution in [2.45, 2.75) is 6.42 Å². The van der Waals surface area contributed by atoms with E-state index in [0.717, 1.165) is 5.56 Å². The van der Waals surface area contributed by atoms with Crippen molar-refractivity contribution in [3.05, 3.63) is 66.1 Å². The monoisotopic (exact) mass is 270 g/mol. The van der Waals surface area contributed by atoms with Crippen LogP contribution in [0.5, 0.6) is 11.6 Å². The summed E-state index contributed by atoms with van der Waals surface area (Å²) in [5, 5.41) is 9.12. The summed E-state index contributed by atoms with van der Waals surface area (Å²) in [6, 6.07) is 10.2. The first-order valence-corrected chi connectivity index (χ1v) is 5.94. The van der Waals surface area contributed by atoms with E-state index < -0.39 is 5.91 Å². The zero-order chi connectivity index (χ0) is 14.5. The molecule has 2 rings (SSSR count). The van der Waals surface area contributed by atoms with Crippen LogP contribution in [-0.4, -0.2) is 16.0 Å². The molecule has 1 heterocycles. The molecule has 0 spiro atoms. The highest BCUT2D eigenvalue weighted by Gasteiger charge is 2.10. The molecule has 0 unspecified atom stereocenters. The molecule has 2 aromatic rings. The third-order valence-electron chi connectivity index (χ3n) is 2.58. The van der Waals surface area contributed by atoms with Crippen molar-refractivity contribution in [2.75, 3.05) is 0 Å². The largest absolute Gasteiger partial charge is 0.513 e. The number of primary amides is 1. The van der Waals surface area contributed by atoms with Crippen molar-refractivity contribution in [2.24, 2.45) is 5.73 Å². The summed E-state index contributed by atoms with van der Waals surface area (Å²) in [7, 11) is 0. The third-order valence-corrected chi connectivity index (χ3v) is 2.58. The van der Waals surface area contributed by atoms with Crippen LogP contribution in [0.3, 0.4) is 0 Å². The zero-order valence-electron chi connectivity index (χ0n) is 10.7. The van der Waals surface area contributed by atoms with E-state index in [1.54, 1.807) is 36.4 Å². The predicted octanol–water partition coefficient (Wildman–Crippen LogP) is 2.59. The number of aliphatic hydroxyl groups is 1. The number of carbonyl (C=O) groups is 1. The van der Waals surface area contributed by atoms with Gasteiger partial charge in [-0.15, -0.1) is 0 Å². The number of aromatic nitrogens is 1. The van der Waals surface area contributed by atoms with E-state index in [1.165, 1.54) is 6.20 Å². The topological polar surface area (TPSA) is 85.4 Å². The highest BCUT2D eigenvalue weighted by molar-refractivity contribution is 5.95. The molecular weight excluding hydrogens is 256 g/mol. The van der Waals surface area contributed by atoms with Crippen LogP contribution in [0.4, 0.5) is 0 Å². The first-order valence-electron chi connectivity index (χ1n) is 5.94. The molecule has 1 aromatic heterocycles. The quantitative estimate of drug-likeness (QED) is 0.818. The van der Waals surface area contributed by atoms with Gasteiger partial charge < -0.3 is 15.6 Å². The average molecular weight is 270 g/mol. The van der Waals surface area contributed by atoms with Crippen LogP contribution >= 0.6 is 0 Å². The fraction of sp³-hybridized carbons (Fsp3) is 0.0667. The van der Waals surface area contributed by atoms with Gasteiger partial charge in [0, 0.05) is 12.6 Å². The molecule has 1 amide bonds. The molecule has 0 fully saturated rings. The summed E-state index contributed by atoms with van der Waals surface area (Å²) in [6.45, 7) is 3.43. The Hall–Kier alpha value is -2.82. The zero-order valence-corrected chi connectivity index (χ0v) is 10.7. The molecular formula is C15H14N2O3. The summed E-state index contributed by atoms with van der Waals surface area (Å²) >= 11 is 0. The smallest absolute Gasteiger partial charge is 0.254 e. The highest BCUT2D eigenvalue weighted by Crippen LogP contribution is 2.23. The van der Waals surface area contributed by atoms with Crippen LogP contribution < -0.4 is 10.5 Å². The lowest BCUT2D eigenvalue weighted by molar-refractivity contribution is 0.0997. The number of nitrogens with zero attached hydrogens (tertiary/aromatic N) is 1. The second-order valence-electron chi connectivity index (χ2n) is 4.21. The van der Waals surface area contributed by atoms with Gasteiger partial charge in [0.15, 0.2) is 0 Å². The predicted molar refractivity (Wildman–Crippen MR) is 74.7 cm³/mol. The molecule has 0 atom stereocenters. The molecule has 0 radical (unpaired) electrons. The fourth-order valence-electron chi connectivity index (χ4n) is 1.68. The number of pyridine rings is 1. The number of amides is 1. The number of hydrogen-bond donors (Lipinski definition) is 2. The van der Waals surface area contributed by atoms with Crippen molar-refractivity contribution in [1.29, 1.82) is 0 Å². The number of nitrogens with two attached hydrogens (primary N) is 1. The van der Waals surface area contributed by atoms with Crippen LogP contribution in [0.2, 0.25) is 0 Å². The molecule has 0 saturated heterocycles. The summed E-state index contributed by atoms with van der Waals surface area (Å²) in [6.07, 6.45) is 1.91. The molecule has 0 saturated carbocycles. The first kappa shape index (κ1) is 13.6. The lowest BCUT2D eigenvalue weighted by Gasteiger charge is -2.08. The lowest BCUT2D eigenvalue weighted by atomic mass is 10.1. The van der Waals surface area contributed by atoms with Crippen LogP contribution in [-0.2, 0) is 6.42 Å². The standard InChI is InChI=1S/C15H14N2O3/c1-10(18)9-11-4-6-12(7-5-11)20-15-13(14(16)19)3-2-8-17-15/h2-8,18H,1,9H2,(H2,16,19). The van der Waals surface area contributed by atoms with E-state index >= 15 is 0 Å². The SMILES string of the molecule is C=C(O)Cc1ccc(Oc2ncccc2C(N)=O)cc1. The number of rotatable bonds is 5. The minimum atomic E-state index is -0.596. The molecule has 5 nitrogen and oxygen atoms in total. The minimum absolute atomic E-state index is 0.0967. The van der Waals surface area contributed by atoms with Crippen molar-refractivity contribution in [1.82, 2.24) is 4.98 Å². The average Bonchev–Trinajstić information content (AvgIpc) is 2.41. The Labute approximate surface area is 116 Å². The summed E-state index contributed by atoms with van der Waals surface area (Å²) in [5.74, 6) is 0.193. The Bertz CT molecular complexity index is 636. The molecule has 0 aliphatic rings. The minimum Gasteiger partial charge on any atom is -0.513 e. The molecule has 0 aliphatic carbocycles. The van der Waals surface area contributed by atoms with Gasteiger partial charge >= 0.3 is 0 Å². The van der Waals surface area contributed by atoms with Gasteiger partial charge in [0.1, 0.15) is 11.3 Å². The van der Waals surface area contributed by atoms with E-state index in [4.69, 9.17) is 15.6 Å². The van der Waals surface area contributed by atoms with Crippen molar-refractivity contribution in [3.8, 4) is 11.6 Å². The Morgan fingerprint density at radius 2 is 2.00 bits per heavy atom. The van der Waals surface area contributed by atoms with Crippen molar-refractivity contribution < 1.29 is 14.6 Å². The third kappa shape index (κ3) is 3.35.